The first-order valence-corrected chi connectivity index (χ1v) is 10.0. The minimum atomic E-state index is -4.92. The zero-order valence-electron chi connectivity index (χ0n) is 18.3. The molecule has 3 aromatic rings. The summed E-state index contributed by atoms with van der Waals surface area (Å²) in [6.07, 6.45) is -1.48. The van der Waals surface area contributed by atoms with Crippen molar-refractivity contribution < 1.29 is 22.4 Å². The van der Waals surface area contributed by atoms with E-state index in [1.54, 1.807) is 30.3 Å². The van der Waals surface area contributed by atoms with Crippen LogP contribution in [0.1, 0.15) is 27.3 Å². The zero-order chi connectivity index (χ0) is 25.6. The summed E-state index contributed by atoms with van der Waals surface area (Å²) >= 11 is 0. The molecule has 35 heavy (non-hydrogen) atoms. The van der Waals surface area contributed by atoms with Crippen molar-refractivity contribution in [2.75, 3.05) is 12.4 Å². The molecule has 0 fully saturated rings. The molecule has 0 saturated carbocycles. The third-order valence-electron chi connectivity index (χ3n) is 4.74. The van der Waals surface area contributed by atoms with Crippen molar-refractivity contribution in [3.05, 3.63) is 83.1 Å². The van der Waals surface area contributed by atoms with Gasteiger partial charge in [-0.2, -0.15) is 18.4 Å². The topological polar surface area (TPSA) is 117 Å². The number of halogens is 4. The molecule has 3 rings (SSSR count). The second-order valence-electron chi connectivity index (χ2n) is 7.11. The molecule has 178 valence electrons. The van der Waals surface area contributed by atoms with Crippen LogP contribution in [-0.4, -0.2) is 29.1 Å². The van der Waals surface area contributed by atoms with Crippen LogP contribution in [0.2, 0.25) is 0 Å². The van der Waals surface area contributed by atoms with Crippen molar-refractivity contribution in [1.29, 1.82) is 5.26 Å². The SMILES string of the molecule is CN=CC=C(N)c1cc(C(=O)Nc2cnc(CC#N)nc2-c2ccccc2)c(F)cc1C(F)(F)F. The van der Waals surface area contributed by atoms with Gasteiger partial charge in [-0.05, 0) is 18.2 Å². The van der Waals surface area contributed by atoms with E-state index in [4.69, 9.17) is 11.0 Å². The summed E-state index contributed by atoms with van der Waals surface area (Å²) in [4.78, 5) is 24.9. The van der Waals surface area contributed by atoms with E-state index in [0.717, 1.165) is 12.1 Å². The number of hydrogen-bond acceptors (Lipinski definition) is 6. The van der Waals surface area contributed by atoms with Gasteiger partial charge in [-0.1, -0.05) is 30.3 Å². The van der Waals surface area contributed by atoms with Gasteiger partial charge in [0.15, 0.2) is 0 Å². The number of allylic oxidation sites excluding steroid dienone is 1. The Labute approximate surface area is 197 Å². The average Bonchev–Trinajstić information content (AvgIpc) is 2.83. The van der Waals surface area contributed by atoms with Crippen LogP contribution in [0, 0.1) is 17.1 Å². The fourth-order valence-corrected chi connectivity index (χ4v) is 3.14. The number of nitrogens with two attached hydrogens (primary N) is 1. The minimum absolute atomic E-state index is 0.0744. The number of nitriles is 1. The lowest BCUT2D eigenvalue weighted by atomic mass is 9.99. The highest BCUT2D eigenvalue weighted by Crippen LogP contribution is 2.36. The first-order chi connectivity index (χ1) is 16.7. The van der Waals surface area contributed by atoms with Gasteiger partial charge in [0.1, 0.15) is 11.6 Å². The number of aliphatic imine (C=N–C) groups is 1. The summed E-state index contributed by atoms with van der Waals surface area (Å²) in [6.45, 7) is 0. The maximum absolute atomic E-state index is 14.7. The Kier molecular flexibility index (Phi) is 7.56. The van der Waals surface area contributed by atoms with E-state index in [2.05, 4.69) is 20.3 Å². The van der Waals surface area contributed by atoms with E-state index < -0.39 is 34.6 Å². The molecule has 0 aliphatic rings. The second-order valence-corrected chi connectivity index (χ2v) is 7.11. The molecule has 7 nitrogen and oxygen atoms in total. The average molecular weight is 482 g/mol. The molecule has 1 amide bonds. The van der Waals surface area contributed by atoms with Gasteiger partial charge in [0, 0.05) is 30.1 Å². The van der Waals surface area contributed by atoms with Crippen LogP contribution in [0.4, 0.5) is 23.2 Å². The maximum atomic E-state index is 14.7. The lowest BCUT2D eigenvalue weighted by Crippen LogP contribution is -2.19. The number of aromatic nitrogens is 2. The summed E-state index contributed by atoms with van der Waals surface area (Å²) in [5.74, 6) is -2.23. The molecular weight excluding hydrogens is 464 g/mol. The van der Waals surface area contributed by atoms with Crippen molar-refractivity contribution in [3.63, 3.8) is 0 Å². The van der Waals surface area contributed by atoms with Crippen LogP contribution >= 0.6 is 0 Å². The highest BCUT2D eigenvalue weighted by atomic mass is 19.4. The van der Waals surface area contributed by atoms with Gasteiger partial charge < -0.3 is 11.1 Å². The van der Waals surface area contributed by atoms with Crippen molar-refractivity contribution in [1.82, 2.24) is 9.97 Å². The quantitative estimate of drug-likeness (QED) is 0.393. The van der Waals surface area contributed by atoms with Crippen LogP contribution in [-0.2, 0) is 12.6 Å². The van der Waals surface area contributed by atoms with Crippen molar-refractivity contribution in [2.24, 2.45) is 10.7 Å². The van der Waals surface area contributed by atoms with E-state index in [-0.39, 0.29) is 35.4 Å². The van der Waals surface area contributed by atoms with Gasteiger partial charge in [0.2, 0.25) is 0 Å². The summed E-state index contributed by atoms with van der Waals surface area (Å²) in [6, 6.07) is 11.5. The lowest BCUT2D eigenvalue weighted by molar-refractivity contribution is -0.138. The predicted molar refractivity (Wildman–Crippen MR) is 123 cm³/mol. The number of nitrogens with one attached hydrogen (secondary N) is 1. The monoisotopic (exact) mass is 482 g/mol. The van der Waals surface area contributed by atoms with E-state index >= 15 is 0 Å². The number of hydrogen-bond donors (Lipinski definition) is 2. The number of amides is 1. The molecule has 3 N–H and O–H groups in total. The molecule has 0 unspecified atom stereocenters. The van der Waals surface area contributed by atoms with Gasteiger partial charge >= 0.3 is 6.18 Å². The van der Waals surface area contributed by atoms with Crippen molar-refractivity contribution in [2.45, 2.75) is 12.6 Å². The number of benzene rings is 2. The van der Waals surface area contributed by atoms with Gasteiger partial charge in [-0.15, -0.1) is 0 Å². The smallest absolute Gasteiger partial charge is 0.398 e. The molecule has 0 bridgehead atoms. The molecule has 0 aliphatic carbocycles. The number of rotatable bonds is 6. The maximum Gasteiger partial charge on any atom is 0.417 e. The van der Waals surface area contributed by atoms with Crippen LogP contribution in [0.3, 0.4) is 0 Å². The Bertz CT molecular complexity index is 1340. The fourth-order valence-electron chi connectivity index (χ4n) is 3.14. The third kappa shape index (κ3) is 5.86. The molecule has 0 atom stereocenters. The zero-order valence-corrected chi connectivity index (χ0v) is 18.3. The molecule has 2 aromatic carbocycles. The van der Waals surface area contributed by atoms with E-state index in [0.29, 0.717) is 5.56 Å². The lowest BCUT2D eigenvalue weighted by Gasteiger charge is -2.16. The van der Waals surface area contributed by atoms with Gasteiger partial charge in [-0.3, -0.25) is 9.79 Å². The Balaban J connectivity index is 2.08. The number of nitrogens with zero attached hydrogens (tertiary/aromatic N) is 4. The predicted octanol–water partition coefficient (Wildman–Crippen LogP) is 4.62. The van der Waals surface area contributed by atoms with Crippen molar-refractivity contribution >= 4 is 23.5 Å². The molecule has 0 aliphatic heterocycles. The van der Waals surface area contributed by atoms with Crippen LogP contribution in [0.25, 0.3) is 17.0 Å². The standard InChI is InChI=1S/C24H18F4N6O/c1-31-10-8-19(30)15-11-16(18(25)12-17(15)24(26,27)28)23(35)33-20-13-32-21(7-9-29)34-22(20)14-5-3-2-4-6-14/h2-6,8,10-13H,7,30H2,1H3,(H,33,35). The Hall–Kier alpha value is -4.59. The van der Waals surface area contributed by atoms with Crippen molar-refractivity contribution in [3.8, 4) is 17.3 Å². The number of anilines is 1. The first kappa shape index (κ1) is 25.0. The van der Waals surface area contributed by atoms with E-state index in [9.17, 15) is 22.4 Å². The van der Waals surface area contributed by atoms with E-state index in [1.807, 2.05) is 6.07 Å². The molecule has 0 saturated heterocycles. The van der Waals surface area contributed by atoms with Gasteiger partial charge in [0.05, 0.1) is 41.2 Å². The number of carbonyl (C=O) groups is 1. The first-order valence-electron chi connectivity index (χ1n) is 10.0. The van der Waals surface area contributed by atoms with Crippen LogP contribution < -0.4 is 11.1 Å². The largest absolute Gasteiger partial charge is 0.417 e. The highest BCUT2D eigenvalue weighted by Gasteiger charge is 2.36. The molecule has 1 heterocycles. The highest BCUT2D eigenvalue weighted by molar-refractivity contribution is 6.06. The van der Waals surface area contributed by atoms with Crippen LogP contribution in [0.15, 0.2) is 59.7 Å². The van der Waals surface area contributed by atoms with Gasteiger partial charge in [-0.25, -0.2) is 14.4 Å². The second kappa shape index (κ2) is 10.6. The Morgan fingerprint density at radius 1 is 1.23 bits per heavy atom. The fraction of sp³-hybridized carbons (Fsp3) is 0.125. The number of alkyl halides is 3. The molecule has 11 heteroatoms. The molecule has 0 spiro atoms. The summed E-state index contributed by atoms with van der Waals surface area (Å²) < 4.78 is 55.2. The molecule has 1 aromatic heterocycles. The summed E-state index contributed by atoms with van der Waals surface area (Å²) in [5.41, 5.74) is 3.73. The Morgan fingerprint density at radius 3 is 2.57 bits per heavy atom. The molecular formula is C24H18F4N6O. The third-order valence-corrected chi connectivity index (χ3v) is 4.74. The Morgan fingerprint density at radius 2 is 1.94 bits per heavy atom. The van der Waals surface area contributed by atoms with Gasteiger partial charge in [0.25, 0.3) is 5.91 Å². The van der Waals surface area contributed by atoms with Crippen LogP contribution in [0.5, 0.6) is 0 Å². The normalized spacial score (nSPS) is 11.9. The summed E-state index contributed by atoms with van der Waals surface area (Å²) in [7, 11) is 1.40. The minimum Gasteiger partial charge on any atom is -0.398 e. The molecule has 0 radical (unpaired) electrons. The summed E-state index contributed by atoms with van der Waals surface area (Å²) in [5, 5.41) is 11.4. The van der Waals surface area contributed by atoms with E-state index in [1.165, 1.54) is 19.5 Å². The number of carbonyl (C=O) groups excluding carboxylic acids is 1.